The number of nitrogens with two attached hydrogens (primary N) is 1. The molecule has 19 heavy (non-hydrogen) atoms. The molecule has 0 bridgehead atoms. The van der Waals surface area contributed by atoms with Crippen molar-refractivity contribution < 1.29 is 13.2 Å². The Morgan fingerprint density at radius 1 is 1.42 bits per heavy atom. The molecule has 1 rings (SSSR count). The fourth-order valence-electron chi connectivity index (χ4n) is 1.68. The second-order valence-corrected chi connectivity index (χ2v) is 6.39. The van der Waals surface area contributed by atoms with Gasteiger partial charge in [-0.05, 0) is 26.0 Å². The van der Waals surface area contributed by atoms with E-state index in [1.807, 2.05) is 6.07 Å². The van der Waals surface area contributed by atoms with Crippen LogP contribution in [-0.4, -0.2) is 19.9 Å². The minimum absolute atomic E-state index is 0.0462. The van der Waals surface area contributed by atoms with E-state index in [1.165, 1.54) is 18.2 Å². The molecule has 0 heterocycles. The minimum atomic E-state index is -3.89. The number of nitriles is 1. The highest BCUT2D eigenvalue weighted by Gasteiger charge is 2.29. The average Bonchev–Trinajstić information content (AvgIpc) is 2.25. The lowest BCUT2D eigenvalue weighted by Crippen LogP contribution is -2.46. The van der Waals surface area contributed by atoms with Crippen LogP contribution < -0.4 is 10.5 Å². The first-order chi connectivity index (χ1) is 8.68. The van der Waals surface area contributed by atoms with Gasteiger partial charge in [0.1, 0.15) is 6.07 Å². The molecule has 0 aromatic heterocycles. The maximum absolute atomic E-state index is 12.2. The maximum atomic E-state index is 12.2. The first-order valence-corrected chi connectivity index (χ1v) is 6.98. The molecule has 0 atom stereocenters. The summed E-state index contributed by atoms with van der Waals surface area (Å²) >= 11 is 0. The Kier molecular flexibility index (Phi) is 4.29. The topological polar surface area (TPSA) is 113 Å². The molecule has 0 aliphatic rings. The third-order valence-corrected chi connectivity index (χ3v) is 4.08. The van der Waals surface area contributed by atoms with Gasteiger partial charge in [-0.1, -0.05) is 12.1 Å². The quantitative estimate of drug-likeness (QED) is 0.817. The van der Waals surface area contributed by atoms with Crippen molar-refractivity contribution in [2.75, 3.05) is 0 Å². The molecule has 1 aromatic carbocycles. The molecule has 3 N–H and O–H groups in total. The van der Waals surface area contributed by atoms with Gasteiger partial charge in [-0.25, -0.2) is 13.1 Å². The van der Waals surface area contributed by atoms with Crippen LogP contribution in [0.4, 0.5) is 0 Å². The predicted octanol–water partition coefficient (Wildman–Crippen LogP) is 0.491. The van der Waals surface area contributed by atoms with E-state index in [2.05, 4.69) is 4.72 Å². The van der Waals surface area contributed by atoms with Crippen molar-refractivity contribution in [2.24, 2.45) is 5.73 Å². The second kappa shape index (κ2) is 5.38. The Bertz CT molecular complexity index is 630. The van der Waals surface area contributed by atoms with Crippen molar-refractivity contribution in [1.29, 1.82) is 5.26 Å². The van der Waals surface area contributed by atoms with Crippen LogP contribution in [0.5, 0.6) is 0 Å². The Morgan fingerprint density at radius 3 is 2.53 bits per heavy atom. The molecular formula is C12H15N3O3S. The van der Waals surface area contributed by atoms with Gasteiger partial charge < -0.3 is 5.73 Å². The number of carbonyl (C=O) groups excluding carboxylic acids is 1. The number of carbonyl (C=O) groups is 1. The highest BCUT2D eigenvalue weighted by Crippen LogP contribution is 2.18. The number of benzene rings is 1. The van der Waals surface area contributed by atoms with Crippen molar-refractivity contribution in [3.63, 3.8) is 0 Å². The highest BCUT2D eigenvalue weighted by atomic mass is 32.2. The molecule has 1 amide bonds. The van der Waals surface area contributed by atoms with Crippen LogP contribution in [0.3, 0.4) is 0 Å². The lowest BCUT2D eigenvalue weighted by molar-refractivity contribution is -0.119. The molecule has 0 spiro atoms. The molecule has 7 heteroatoms. The van der Waals surface area contributed by atoms with Gasteiger partial charge in [0.15, 0.2) is 0 Å². The van der Waals surface area contributed by atoms with Crippen molar-refractivity contribution in [3.05, 3.63) is 29.8 Å². The zero-order chi connectivity index (χ0) is 14.7. The van der Waals surface area contributed by atoms with Gasteiger partial charge in [-0.2, -0.15) is 5.26 Å². The summed E-state index contributed by atoms with van der Waals surface area (Å²) in [5, 5.41) is 8.91. The molecule has 0 radical (unpaired) electrons. The highest BCUT2D eigenvalue weighted by molar-refractivity contribution is 7.89. The zero-order valence-electron chi connectivity index (χ0n) is 10.7. The van der Waals surface area contributed by atoms with E-state index < -0.39 is 21.5 Å². The Morgan fingerprint density at radius 2 is 2.00 bits per heavy atom. The number of sulfonamides is 1. The van der Waals surface area contributed by atoms with E-state index in [1.54, 1.807) is 19.9 Å². The summed E-state index contributed by atoms with van der Waals surface area (Å²) in [7, 11) is -3.89. The monoisotopic (exact) mass is 281 g/mol. The summed E-state index contributed by atoms with van der Waals surface area (Å²) in [5.41, 5.74) is 4.09. The number of hydrogen-bond acceptors (Lipinski definition) is 4. The van der Waals surface area contributed by atoms with Gasteiger partial charge in [0, 0.05) is 12.0 Å². The van der Waals surface area contributed by atoms with E-state index >= 15 is 0 Å². The molecular weight excluding hydrogens is 266 g/mol. The molecule has 0 fully saturated rings. The second-order valence-electron chi connectivity index (χ2n) is 4.74. The molecule has 1 aromatic rings. The summed E-state index contributed by atoms with van der Waals surface area (Å²) in [6.07, 6.45) is -0.138. The van der Waals surface area contributed by atoms with Crippen molar-refractivity contribution >= 4 is 15.9 Å². The van der Waals surface area contributed by atoms with Crippen molar-refractivity contribution in [1.82, 2.24) is 4.72 Å². The van der Waals surface area contributed by atoms with E-state index in [0.29, 0.717) is 0 Å². The Balaban J connectivity index is 3.13. The molecule has 0 aliphatic carbocycles. The third kappa shape index (κ3) is 4.05. The van der Waals surface area contributed by atoms with E-state index in [9.17, 15) is 13.2 Å². The normalized spacial score (nSPS) is 11.8. The van der Waals surface area contributed by atoms with Crippen molar-refractivity contribution in [2.45, 2.75) is 30.7 Å². The van der Waals surface area contributed by atoms with E-state index in [4.69, 9.17) is 11.0 Å². The zero-order valence-corrected chi connectivity index (χ0v) is 11.5. The van der Waals surface area contributed by atoms with Crippen LogP contribution in [0, 0.1) is 11.3 Å². The largest absolute Gasteiger partial charge is 0.370 e. The number of nitrogens with zero attached hydrogens (tertiary/aromatic N) is 1. The van der Waals surface area contributed by atoms with E-state index in [0.717, 1.165) is 0 Å². The van der Waals surface area contributed by atoms with Crippen LogP contribution in [0.25, 0.3) is 0 Å². The summed E-state index contributed by atoms with van der Waals surface area (Å²) in [5.74, 6) is -0.610. The number of nitrogens with one attached hydrogen (secondary N) is 1. The Hall–Kier alpha value is -1.91. The summed E-state index contributed by atoms with van der Waals surface area (Å²) in [4.78, 5) is 10.8. The number of hydrogen-bond donors (Lipinski definition) is 2. The summed E-state index contributed by atoms with van der Waals surface area (Å²) in [6.45, 7) is 3.09. The molecule has 0 saturated heterocycles. The first kappa shape index (κ1) is 15.1. The molecule has 0 saturated carbocycles. The molecule has 6 nitrogen and oxygen atoms in total. The summed E-state index contributed by atoms with van der Waals surface area (Å²) in [6, 6.07) is 7.66. The third-order valence-electron chi connectivity index (χ3n) is 2.32. The lowest BCUT2D eigenvalue weighted by atomic mass is 10.0. The van der Waals surface area contributed by atoms with Crippen LogP contribution in [0.2, 0.25) is 0 Å². The Labute approximate surface area is 112 Å². The smallest absolute Gasteiger partial charge is 0.242 e. The van der Waals surface area contributed by atoms with E-state index in [-0.39, 0.29) is 16.9 Å². The maximum Gasteiger partial charge on any atom is 0.242 e. The van der Waals surface area contributed by atoms with Crippen LogP contribution in [0.15, 0.2) is 29.2 Å². The van der Waals surface area contributed by atoms with Gasteiger partial charge in [0.2, 0.25) is 15.9 Å². The fourth-order valence-corrected chi connectivity index (χ4v) is 3.25. The fraction of sp³-hybridized carbons (Fsp3) is 0.333. The van der Waals surface area contributed by atoms with Crippen molar-refractivity contribution in [3.8, 4) is 6.07 Å². The van der Waals surface area contributed by atoms with Gasteiger partial charge in [-0.15, -0.1) is 0 Å². The van der Waals surface area contributed by atoms with Gasteiger partial charge >= 0.3 is 0 Å². The standard InChI is InChI=1S/C12H15N3O3S/c1-12(2,7-11(14)16)15-19(17,18)10-6-4-3-5-9(10)8-13/h3-6,15H,7H2,1-2H3,(H2,14,16). The van der Waals surface area contributed by atoms with Crippen LogP contribution in [0.1, 0.15) is 25.8 Å². The van der Waals surface area contributed by atoms with Gasteiger partial charge in [0.25, 0.3) is 0 Å². The predicted molar refractivity (Wildman–Crippen MR) is 69.4 cm³/mol. The number of rotatable bonds is 5. The average molecular weight is 281 g/mol. The minimum Gasteiger partial charge on any atom is -0.370 e. The number of amides is 1. The lowest BCUT2D eigenvalue weighted by Gasteiger charge is -2.24. The summed E-state index contributed by atoms with van der Waals surface area (Å²) < 4.78 is 26.8. The molecule has 0 unspecified atom stereocenters. The van der Waals surface area contributed by atoms with Gasteiger partial charge in [0.05, 0.1) is 10.5 Å². The van der Waals surface area contributed by atoms with Crippen LogP contribution >= 0.6 is 0 Å². The van der Waals surface area contributed by atoms with Crippen LogP contribution in [-0.2, 0) is 14.8 Å². The first-order valence-electron chi connectivity index (χ1n) is 5.49. The van der Waals surface area contributed by atoms with Gasteiger partial charge in [-0.3, -0.25) is 4.79 Å². The molecule has 102 valence electrons. The SMILES string of the molecule is CC(C)(CC(N)=O)NS(=O)(=O)c1ccccc1C#N. The molecule has 0 aliphatic heterocycles. The number of primary amides is 1.